The fourth-order valence-corrected chi connectivity index (χ4v) is 3.04. The van der Waals surface area contributed by atoms with Crippen molar-refractivity contribution in [2.24, 2.45) is 0 Å². The van der Waals surface area contributed by atoms with E-state index in [4.69, 9.17) is 0 Å². The van der Waals surface area contributed by atoms with E-state index in [1.165, 1.54) is 25.1 Å². The predicted octanol–water partition coefficient (Wildman–Crippen LogP) is 4.21. The monoisotopic (exact) mass is 393 g/mol. The van der Waals surface area contributed by atoms with Crippen molar-refractivity contribution in [2.45, 2.75) is 25.0 Å². The second-order valence-electron chi connectivity index (χ2n) is 5.56. The number of pyridine rings is 1. The number of benzene rings is 1. The van der Waals surface area contributed by atoms with Crippen molar-refractivity contribution in [3.05, 3.63) is 52.7 Å². The van der Waals surface area contributed by atoms with Crippen molar-refractivity contribution < 1.29 is 22.8 Å². The SMILES string of the molecule is CC(=O)c1cc(C#N)c(SCC(=O)Nc2cccc(C(F)(F)F)c2)nc1C. The molecule has 0 spiro atoms. The summed E-state index contributed by atoms with van der Waals surface area (Å²) in [6.45, 7) is 2.98. The van der Waals surface area contributed by atoms with E-state index < -0.39 is 17.6 Å². The highest BCUT2D eigenvalue weighted by molar-refractivity contribution is 8.00. The molecule has 9 heteroatoms. The van der Waals surface area contributed by atoms with Gasteiger partial charge in [0.25, 0.3) is 0 Å². The summed E-state index contributed by atoms with van der Waals surface area (Å²) in [6.07, 6.45) is -4.50. The first-order chi connectivity index (χ1) is 12.6. The minimum atomic E-state index is -4.50. The van der Waals surface area contributed by atoms with Crippen LogP contribution >= 0.6 is 11.8 Å². The van der Waals surface area contributed by atoms with Gasteiger partial charge in [0.05, 0.1) is 16.9 Å². The van der Waals surface area contributed by atoms with Crippen LogP contribution in [0, 0.1) is 18.3 Å². The molecule has 2 rings (SSSR count). The van der Waals surface area contributed by atoms with Crippen molar-refractivity contribution in [3.63, 3.8) is 0 Å². The number of nitrogens with zero attached hydrogens (tertiary/aromatic N) is 2. The molecule has 27 heavy (non-hydrogen) atoms. The summed E-state index contributed by atoms with van der Waals surface area (Å²) in [5, 5.41) is 11.9. The molecular weight excluding hydrogens is 379 g/mol. The number of amides is 1. The summed E-state index contributed by atoms with van der Waals surface area (Å²) in [4.78, 5) is 27.7. The smallest absolute Gasteiger partial charge is 0.325 e. The first kappa shape index (κ1) is 20.5. The van der Waals surface area contributed by atoms with Crippen LogP contribution in [0.5, 0.6) is 0 Å². The number of aryl methyl sites for hydroxylation is 1. The van der Waals surface area contributed by atoms with Crippen molar-refractivity contribution >= 4 is 29.1 Å². The van der Waals surface area contributed by atoms with Gasteiger partial charge in [0, 0.05) is 16.9 Å². The third-order valence-corrected chi connectivity index (χ3v) is 4.48. The van der Waals surface area contributed by atoms with Gasteiger partial charge in [-0.25, -0.2) is 4.98 Å². The molecule has 1 N–H and O–H groups in total. The second-order valence-corrected chi connectivity index (χ2v) is 6.52. The molecule has 0 saturated heterocycles. The molecule has 1 heterocycles. The second kappa shape index (κ2) is 8.22. The molecule has 0 radical (unpaired) electrons. The molecule has 140 valence electrons. The molecule has 0 unspecified atom stereocenters. The Morgan fingerprint density at radius 2 is 2.00 bits per heavy atom. The lowest BCUT2D eigenvalue weighted by Gasteiger charge is -2.10. The van der Waals surface area contributed by atoms with Crippen LogP contribution in [0.15, 0.2) is 35.4 Å². The number of anilines is 1. The van der Waals surface area contributed by atoms with Gasteiger partial charge in [-0.2, -0.15) is 18.4 Å². The van der Waals surface area contributed by atoms with E-state index in [1.807, 2.05) is 6.07 Å². The average Bonchev–Trinajstić information content (AvgIpc) is 2.59. The number of aromatic nitrogens is 1. The lowest BCUT2D eigenvalue weighted by molar-refractivity contribution is -0.137. The molecule has 0 atom stereocenters. The molecule has 0 aliphatic rings. The average molecular weight is 393 g/mol. The van der Waals surface area contributed by atoms with Crippen molar-refractivity contribution in [2.75, 3.05) is 11.1 Å². The maximum atomic E-state index is 12.7. The molecule has 0 fully saturated rings. The van der Waals surface area contributed by atoms with Crippen LogP contribution in [-0.4, -0.2) is 22.4 Å². The zero-order valence-corrected chi connectivity index (χ0v) is 15.2. The third-order valence-electron chi connectivity index (χ3n) is 3.49. The lowest BCUT2D eigenvalue weighted by Crippen LogP contribution is -2.15. The van der Waals surface area contributed by atoms with Gasteiger partial charge in [0.15, 0.2) is 5.78 Å². The number of carbonyl (C=O) groups excluding carboxylic acids is 2. The van der Waals surface area contributed by atoms with E-state index >= 15 is 0 Å². The normalized spacial score (nSPS) is 11.0. The summed E-state index contributed by atoms with van der Waals surface area (Å²) in [5.41, 5.74) is 0.0677. The van der Waals surface area contributed by atoms with E-state index in [0.29, 0.717) is 11.3 Å². The number of halogens is 3. The highest BCUT2D eigenvalue weighted by Gasteiger charge is 2.30. The van der Waals surface area contributed by atoms with E-state index in [2.05, 4.69) is 10.3 Å². The van der Waals surface area contributed by atoms with Gasteiger partial charge in [-0.05, 0) is 38.1 Å². The number of Topliss-reactive ketones (excluding diaryl/α,β-unsaturated/α-hetero) is 1. The Morgan fingerprint density at radius 1 is 1.30 bits per heavy atom. The fourth-order valence-electron chi connectivity index (χ4n) is 2.23. The van der Waals surface area contributed by atoms with E-state index in [1.54, 1.807) is 6.92 Å². The quantitative estimate of drug-likeness (QED) is 0.608. The Kier molecular flexibility index (Phi) is 6.23. The Bertz CT molecular complexity index is 936. The van der Waals surface area contributed by atoms with Crippen molar-refractivity contribution in [1.29, 1.82) is 5.26 Å². The highest BCUT2D eigenvalue weighted by atomic mass is 32.2. The Hall–Kier alpha value is -2.86. The topological polar surface area (TPSA) is 82.8 Å². The molecule has 1 aromatic heterocycles. The van der Waals surface area contributed by atoms with E-state index in [9.17, 15) is 28.0 Å². The summed E-state index contributed by atoms with van der Waals surface area (Å²) in [5.74, 6) is -0.926. The third kappa shape index (κ3) is 5.31. The zero-order valence-electron chi connectivity index (χ0n) is 14.3. The molecule has 0 aliphatic carbocycles. The standard InChI is InChI=1S/C18H14F3N3O2S/c1-10-15(11(2)25)6-12(8-22)17(23-10)27-9-16(26)24-14-5-3-4-13(7-14)18(19,20)21/h3-7H,9H2,1-2H3,(H,24,26). The number of ketones is 1. The highest BCUT2D eigenvalue weighted by Crippen LogP contribution is 2.30. The van der Waals surface area contributed by atoms with E-state index in [-0.39, 0.29) is 27.8 Å². The molecule has 2 aromatic rings. The van der Waals surface area contributed by atoms with Crippen molar-refractivity contribution in [3.8, 4) is 6.07 Å². The Balaban J connectivity index is 2.09. The van der Waals surface area contributed by atoms with Crippen LogP contribution in [0.2, 0.25) is 0 Å². The summed E-state index contributed by atoms with van der Waals surface area (Å²) < 4.78 is 38.1. The van der Waals surface area contributed by atoms with Crippen molar-refractivity contribution in [1.82, 2.24) is 4.98 Å². The molecule has 0 bridgehead atoms. The number of alkyl halides is 3. The number of hydrogen-bond acceptors (Lipinski definition) is 5. The minimum absolute atomic E-state index is 0.0204. The minimum Gasteiger partial charge on any atom is -0.325 e. The largest absolute Gasteiger partial charge is 0.416 e. The maximum Gasteiger partial charge on any atom is 0.416 e. The number of carbonyl (C=O) groups is 2. The number of hydrogen-bond donors (Lipinski definition) is 1. The van der Waals surface area contributed by atoms with Crippen LogP contribution in [-0.2, 0) is 11.0 Å². The van der Waals surface area contributed by atoms with Crippen LogP contribution < -0.4 is 5.32 Å². The maximum absolute atomic E-state index is 12.7. The zero-order chi connectivity index (χ0) is 20.2. The molecule has 0 aliphatic heterocycles. The molecular formula is C18H14F3N3O2S. The van der Waals surface area contributed by atoms with Gasteiger partial charge in [-0.15, -0.1) is 0 Å². The first-order valence-corrected chi connectivity index (χ1v) is 8.63. The number of nitrogens with one attached hydrogen (secondary N) is 1. The molecule has 1 amide bonds. The summed E-state index contributed by atoms with van der Waals surface area (Å²) >= 11 is 0.964. The predicted molar refractivity (Wildman–Crippen MR) is 94.5 cm³/mol. The van der Waals surface area contributed by atoms with Gasteiger partial charge in [-0.3, -0.25) is 9.59 Å². The Labute approximate surface area is 157 Å². The van der Waals surface area contributed by atoms with Crippen LogP contribution in [0.1, 0.15) is 34.1 Å². The molecule has 5 nitrogen and oxygen atoms in total. The van der Waals surface area contributed by atoms with Gasteiger partial charge < -0.3 is 5.32 Å². The first-order valence-electron chi connectivity index (χ1n) is 7.64. The van der Waals surface area contributed by atoms with E-state index in [0.717, 1.165) is 23.9 Å². The number of thioether (sulfide) groups is 1. The van der Waals surface area contributed by atoms with Gasteiger partial charge in [0.1, 0.15) is 11.1 Å². The fraction of sp³-hybridized carbons (Fsp3) is 0.222. The van der Waals surface area contributed by atoms with Crippen LogP contribution in [0.4, 0.5) is 18.9 Å². The molecule has 1 aromatic carbocycles. The number of nitriles is 1. The molecule has 0 saturated carbocycles. The van der Waals surface area contributed by atoms with Crippen LogP contribution in [0.25, 0.3) is 0 Å². The Morgan fingerprint density at radius 3 is 2.59 bits per heavy atom. The number of rotatable bonds is 5. The summed E-state index contributed by atoms with van der Waals surface area (Å²) in [7, 11) is 0. The van der Waals surface area contributed by atoms with Gasteiger partial charge in [0.2, 0.25) is 5.91 Å². The lowest BCUT2D eigenvalue weighted by atomic mass is 10.1. The van der Waals surface area contributed by atoms with Gasteiger partial charge >= 0.3 is 6.18 Å². The van der Waals surface area contributed by atoms with Crippen LogP contribution in [0.3, 0.4) is 0 Å². The summed E-state index contributed by atoms with van der Waals surface area (Å²) in [6, 6.07) is 7.64. The van der Waals surface area contributed by atoms with Gasteiger partial charge in [-0.1, -0.05) is 17.8 Å².